The molecule has 0 heterocycles. The number of carbonyl (C=O) groups excluding carboxylic acids is 1. The van der Waals surface area contributed by atoms with Crippen LogP contribution in [0.15, 0.2) is 77.7 Å². The number of carbonyl (C=O) groups is 1. The van der Waals surface area contributed by atoms with Gasteiger partial charge in [-0.3, -0.25) is 9.10 Å². The molecule has 0 aliphatic heterocycles. The Labute approximate surface area is 181 Å². The van der Waals surface area contributed by atoms with Gasteiger partial charge in [0.05, 0.1) is 23.7 Å². The number of amides is 1. The average molecular weight is 443 g/mol. The first-order valence-corrected chi connectivity index (χ1v) is 11.0. The molecule has 31 heavy (non-hydrogen) atoms. The van der Waals surface area contributed by atoms with E-state index in [1.165, 1.54) is 38.4 Å². The second-order valence-electron chi connectivity index (χ2n) is 6.94. The standard InChI is InChI=1S/C23H23FN2O4S/c1-16(17-4-8-19(24)9-5-17)25-23(27)18-6-10-20(11-7-18)26(2)31(28,29)22-14-12-21(30-3)13-15-22/h4-16H,1-3H3,(H,25,27)/t16-/m1/s1. The molecule has 0 unspecified atom stereocenters. The van der Waals surface area contributed by atoms with E-state index in [9.17, 15) is 17.6 Å². The van der Waals surface area contributed by atoms with E-state index < -0.39 is 10.0 Å². The zero-order valence-corrected chi connectivity index (χ0v) is 18.2. The van der Waals surface area contributed by atoms with Crippen molar-refractivity contribution in [1.82, 2.24) is 5.32 Å². The molecule has 162 valence electrons. The number of ether oxygens (including phenoxy) is 1. The number of nitrogens with one attached hydrogen (secondary N) is 1. The zero-order chi connectivity index (χ0) is 22.6. The van der Waals surface area contributed by atoms with Gasteiger partial charge in [0.2, 0.25) is 0 Å². The van der Waals surface area contributed by atoms with Crippen molar-refractivity contribution in [2.24, 2.45) is 0 Å². The molecule has 1 atom stereocenters. The van der Waals surface area contributed by atoms with Gasteiger partial charge in [-0.2, -0.15) is 0 Å². The Kier molecular flexibility index (Phi) is 6.60. The van der Waals surface area contributed by atoms with E-state index in [1.807, 2.05) is 0 Å². The van der Waals surface area contributed by atoms with Crippen molar-refractivity contribution in [3.8, 4) is 5.75 Å². The Morgan fingerprint density at radius 3 is 2.10 bits per heavy atom. The number of benzene rings is 3. The summed E-state index contributed by atoms with van der Waals surface area (Å²) in [6.45, 7) is 1.80. The minimum absolute atomic E-state index is 0.130. The normalized spacial score (nSPS) is 12.1. The van der Waals surface area contributed by atoms with Gasteiger partial charge in [-0.05, 0) is 73.2 Å². The van der Waals surface area contributed by atoms with Crippen LogP contribution in [0.25, 0.3) is 0 Å². The molecule has 0 saturated heterocycles. The number of halogens is 1. The summed E-state index contributed by atoms with van der Waals surface area (Å²) >= 11 is 0. The van der Waals surface area contributed by atoms with Gasteiger partial charge < -0.3 is 10.1 Å². The zero-order valence-electron chi connectivity index (χ0n) is 17.4. The maximum Gasteiger partial charge on any atom is 0.264 e. The highest BCUT2D eigenvalue weighted by Gasteiger charge is 2.21. The SMILES string of the molecule is COc1ccc(S(=O)(=O)N(C)c2ccc(C(=O)N[C@H](C)c3ccc(F)cc3)cc2)cc1. The summed E-state index contributed by atoms with van der Waals surface area (Å²) in [4.78, 5) is 12.7. The van der Waals surface area contributed by atoms with Crippen LogP contribution in [0, 0.1) is 5.82 Å². The van der Waals surface area contributed by atoms with Crippen LogP contribution in [0.5, 0.6) is 5.75 Å². The second kappa shape index (κ2) is 9.18. The van der Waals surface area contributed by atoms with Gasteiger partial charge in [-0.1, -0.05) is 12.1 Å². The summed E-state index contributed by atoms with van der Waals surface area (Å²) in [7, 11) is -0.805. The average Bonchev–Trinajstić information content (AvgIpc) is 2.79. The summed E-state index contributed by atoms with van der Waals surface area (Å²) < 4.78 is 45.0. The van der Waals surface area contributed by atoms with Crippen LogP contribution in [0.2, 0.25) is 0 Å². The van der Waals surface area contributed by atoms with Gasteiger partial charge in [-0.25, -0.2) is 12.8 Å². The van der Waals surface area contributed by atoms with Gasteiger partial charge >= 0.3 is 0 Å². The molecule has 0 aliphatic rings. The third-order valence-electron chi connectivity index (χ3n) is 4.93. The fraction of sp³-hybridized carbons (Fsp3) is 0.174. The predicted octanol–water partition coefficient (Wildman–Crippen LogP) is 4.15. The number of anilines is 1. The number of methoxy groups -OCH3 is 1. The molecule has 0 bridgehead atoms. The first-order chi connectivity index (χ1) is 14.7. The molecule has 0 saturated carbocycles. The van der Waals surface area contributed by atoms with Gasteiger partial charge in [0, 0.05) is 12.6 Å². The molecular weight excluding hydrogens is 419 g/mol. The lowest BCUT2D eigenvalue weighted by Gasteiger charge is -2.20. The third-order valence-corrected chi connectivity index (χ3v) is 6.73. The number of rotatable bonds is 7. The van der Waals surface area contributed by atoms with Crippen LogP contribution in [0.3, 0.4) is 0 Å². The molecule has 3 rings (SSSR count). The Bertz CT molecular complexity index is 1150. The van der Waals surface area contributed by atoms with Crippen molar-refractivity contribution in [1.29, 1.82) is 0 Å². The summed E-state index contributed by atoms with van der Waals surface area (Å²) in [5, 5.41) is 2.84. The molecular formula is C23H23FN2O4S. The van der Waals surface area contributed by atoms with E-state index in [4.69, 9.17) is 4.74 Å². The Balaban J connectivity index is 1.72. The van der Waals surface area contributed by atoms with E-state index in [1.54, 1.807) is 55.5 Å². The molecule has 3 aromatic rings. The summed E-state index contributed by atoms with van der Waals surface area (Å²) in [6, 6.07) is 18.0. The molecule has 0 spiro atoms. The topological polar surface area (TPSA) is 75.7 Å². The van der Waals surface area contributed by atoms with E-state index >= 15 is 0 Å². The smallest absolute Gasteiger partial charge is 0.264 e. The van der Waals surface area contributed by atoms with Gasteiger partial charge in [-0.15, -0.1) is 0 Å². The van der Waals surface area contributed by atoms with Crippen LogP contribution >= 0.6 is 0 Å². The number of sulfonamides is 1. The molecule has 0 fully saturated rings. The lowest BCUT2D eigenvalue weighted by atomic mass is 10.1. The molecule has 1 amide bonds. The Morgan fingerprint density at radius 1 is 0.968 bits per heavy atom. The second-order valence-corrected chi connectivity index (χ2v) is 8.91. The first-order valence-electron chi connectivity index (χ1n) is 9.52. The quantitative estimate of drug-likeness (QED) is 0.596. The highest BCUT2D eigenvalue weighted by Crippen LogP contribution is 2.24. The number of hydrogen-bond donors (Lipinski definition) is 1. The summed E-state index contributed by atoms with van der Waals surface area (Å²) in [5.41, 5.74) is 1.57. The fourth-order valence-corrected chi connectivity index (χ4v) is 4.18. The molecule has 3 aromatic carbocycles. The van der Waals surface area contributed by atoms with Crippen molar-refractivity contribution in [2.75, 3.05) is 18.5 Å². The van der Waals surface area contributed by atoms with Crippen molar-refractivity contribution < 1.29 is 22.3 Å². The fourth-order valence-electron chi connectivity index (χ4n) is 2.98. The van der Waals surface area contributed by atoms with Crippen molar-refractivity contribution in [3.05, 3.63) is 89.7 Å². The predicted molar refractivity (Wildman–Crippen MR) is 117 cm³/mol. The number of nitrogens with zero attached hydrogens (tertiary/aromatic N) is 1. The summed E-state index contributed by atoms with van der Waals surface area (Å²) in [6.07, 6.45) is 0. The van der Waals surface area contributed by atoms with Crippen LogP contribution in [0.1, 0.15) is 28.9 Å². The highest BCUT2D eigenvalue weighted by molar-refractivity contribution is 7.92. The number of hydrogen-bond acceptors (Lipinski definition) is 4. The minimum atomic E-state index is -3.76. The van der Waals surface area contributed by atoms with Crippen LogP contribution < -0.4 is 14.4 Å². The van der Waals surface area contributed by atoms with Gasteiger partial charge in [0.25, 0.3) is 15.9 Å². The van der Waals surface area contributed by atoms with Crippen LogP contribution in [0.4, 0.5) is 10.1 Å². The van der Waals surface area contributed by atoms with E-state index in [-0.39, 0.29) is 22.7 Å². The molecule has 8 heteroatoms. The maximum absolute atomic E-state index is 13.1. The summed E-state index contributed by atoms with van der Waals surface area (Å²) in [5.74, 6) is -0.0950. The monoisotopic (exact) mass is 442 g/mol. The molecule has 0 aliphatic carbocycles. The van der Waals surface area contributed by atoms with Crippen molar-refractivity contribution in [3.63, 3.8) is 0 Å². The minimum Gasteiger partial charge on any atom is -0.497 e. The van der Waals surface area contributed by atoms with E-state index in [0.29, 0.717) is 17.0 Å². The highest BCUT2D eigenvalue weighted by atomic mass is 32.2. The molecule has 0 aromatic heterocycles. The largest absolute Gasteiger partial charge is 0.497 e. The molecule has 0 radical (unpaired) electrons. The van der Waals surface area contributed by atoms with E-state index in [2.05, 4.69) is 5.32 Å². The maximum atomic E-state index is 13.1. The molecule has 6 nitrogen and oxygen atoms in total. The lowest BCUT2D eigenvalue weighted by molar-refractivity contribution is 0.0940. The van der Waals surface area contributed by atoms with Crippen molar-refractivity contribution >= 4 is 21.6 Å². The van der Waals surface area contributed by atoms with Gasteiger partial charge in [0.1, 0.15) is 11.6 Å². The molecule has 1 N–H and O–H groups in total. The van der Waals surface area contributed by atoms with E-state index in [0.717, 1.165) is 9.87 Å². The Hall–Kier alpha value is -3.39. The Morgan fingerprint density at radius 2 is 1.55 bits per heavy atom. The first kappa shape index (κ1) is 22.3. The third kappa shape index (κ3) is 5.03. The lowest BCUT2D eigenvalue weighted by Crippen LogP contribution is -2.28. The van der Waals surface area contributed by atoms with Crippen LogP contribution in [-0.2, 0) is 10.0 Å². The van der Waals surface area contributed by atoms with Crippen molar-refractivity contribution in [2.45, 2.75) is 17.9 Å². The van der Waals surface area contributed by atoms with Gasteiger partial charge in [0.15, 0.2) is 0 Å². The van der Waals surface area contributed by atoms with Crippen LogP contribution in [-0.4, -0.2) is 28.5 Å².